The van der Waals surface area contributed by atoms with Crippen LogP contribution in [0.25, 0.3) is 10.8 Å². The van der Waals surface area contributed by atoms with Crippen LogP contribution in [0.1, 0.15) is 43.9 Å². The molecule has 2 aromatic carbocycles. The standard InChI is InChI=1S/C23H21NO2/c1-23(2)12-17-21(18(25)13-23)22(19-8-5-11-26-19)20-15-7-4-3-6-14(15)9-10-16(20)24-17/h3-11,22,24H,12-13H2,1-2H3/t22-/m0/s1. The van der Waals surface area contributed by atoms with Crippen molar-refractivity contribution in [1.29, 1.82) is 0 Å². The van der Waals surface area contributed by atoms with E-state index in [1.165, 1.54) is 10.8 Å². The summed E-state index contributed by atoms with van der Waals surface area (Å²) >= 11 is 0. The minimum Gasteiger partial charge on any atom is -0.468 e. The minimum atomic E-state index is -0.147. The molecule has 3 aromatic rings. The summed E-state index contributed by atoms with van der Waals surface area (Å²) < 4.78 is 5.81. The van der Waals surface area contributed by atoms with Gasteiger partial charge in [-0.1, -0.05) is 44.2 Å². The van der Waals surface area contributed by atoms with Gasteiger partial charge in [0.15, 0.2) is 5.78 Å². The largest absolute Gasteiger partial charge is 0.468 e. The second kappa shape index (κ2) is 5.34. The Bertz CT molecular complexity index is 1060. The van der Waals surface area contributed by atoms with Gasteiger partial charge in [-0.05, 0) is 46.4 Å². The zero-order valence-corrected chi connectivity index (χ0v) is 15.0. The third-order valence-corrected chi connectivity index (χ3v) is 5.58. The number of carbonyl (C=O) groups excluding carboxylic acids is 1. The molecule has 26 heavy (non-hydrogen) atoms. The Morgan fingerprint density at radius 1 is 1.04 bits per heavy atom. The summed E-state index contributed by atoms with van der Waals surface area (Å²) in [5.41, 5.74) is 4.13. The first-order valence-corrected chi connectivity index (χ1v) is 9.12. The van der Waals surface area contributed by atoms with Crippen molar-refractivity contribution in [2.45, 2.75) is 32.6 Å². The molecule has 5 rings (SSSR count). The topological polar surface area (TPSA) is 42.2 Å². The lowest BCUT2D eigenvalue weighted by atomic mass is 9.69. The molecular formula is C23H21NO2. The predicted molar refractivity (Wildman–Crippen MR) is 103 cm³/mol. The molecule has 3 nitrogen and oxygen atoms in total. The van der Waals surface area contributed by atoms with E-state index in [9.17, 15) is 4.79 Å². The van der Waals surface area contributed by atoms with E-state index >= 15 is 0 Å². The highest BCUT2D eigenvalue weighted by Crippen LogP contribution is 2.50. The number of nitrogens with one attached hydrogen (secondary N) is 1. The van der Waals surface area contributed by atoms with Crippen molar-refractivity contribution in [1.82, 2.24) is 0 Å². The average Bonchev–Trinajstić information content (AvgIpc) is 3.13. The number of rotatable bonds is 1. The van der Waals surface area contributed by atoms with Gasteiger partial charge in [-0.25, -0.2) is 0 Å². The van der Waals surface area contributed by atoms with Gasteiger partial charge >= 0.3 is 0 Å². The molecular weight excluding hydrogens is 322 g/mol. The second-order valence-corrected chi connectivity index (χ2v) is 8.15. The third-order valence-electron chi connectivity index (χ3n) is 5.58. The summed E-state index contributed by atoms with van der Waals surface area (Å²) in [6, 6.07) is 16.5. The normalized spacial score (nSPS) is 21.3. The first-order chi connectivity index (χ1) is 12.5. The monoisotopic (exact) mass is 343 g/mol. The Hall–Kier alpha value is -2.81. The highest BCUT2D eigenvalue weighted by Gasteiger charge is 2.42. The average molecular weight is 343 g/mol. The van der Waals surface area contributed by atoms with Crippen molar-refractivity contribution in [2.75, 3.05) is 5.32 Å². The molecule has 1 N–H and O–H groups in total. The van der Waals surface area contributed by atoms with E-state index in [-0.39, 0.29) is 17.1 Å². The van der Waals surface area contributed by atoms with Gasteiger partial charge < -0.3 is 9.73 Å². The number of hydrogen-bond donors (Lipinski definition) is 1. The summed E-state index contributed by atoms with van der Waals surface area (Å²) in [5, 5.41) is 5.93. The lowest BCUT2D eigenvalue weighted by molar-refractivity contribution is -0.118. The number of ketones is 1. The zero-order valence-electron chi connectivity index (χ0n) is 15.0. The van der Waals surface area contributed by atoms with Crippen LogP contribution in [0.5, 0.6) is 0 Å². The van der Waals surface area contributed by atoms with Gasteiger partial charge in [0.2, 0.25) is 0 Å². The van der Waals surface area contributed by atoms with Gasteiger partial charge in [-0.15, -0.1) is 0 Å². The maximum atomic E-state index is 13.2. The van der Waals surface area contributed by atoms with Gasteiger partial charge in [0, 0.05) is 23.4 Å². The van der Waals surface area contributed by atoms with E-state index in [4.69, 9.17) is 4.42 Å². The van der Waals surface area contributed by atoms with E-state index in [1.807, 2.05) is 18.2 Å². The van der Waals surface area contributed by atoms with E-state index in [0.717, 1.165) is 34.7 Å². The van der Waals surface area contributed by atoms with Gasteiger partial charge in [0.05, 0.1) is 12.2 Å². The number of benzene rings is 2. The maximum absolute atomic E-state index is 13.2. The molecule has 0 amide bonds. The molecule has 1 aliphatic carbocycles. The Labute approximate surface area is 152 Å². The van der Waals surface area contributed by atoms with E-state index in [0.29, 0.717) is 6.42 Å². The Kier molecular flexibility index (Phi) is 3.17. The number of fused-ring (bicyclic) bond motifs is 3. The van der Waals surface area contributed by atoms with Crippen LogP contribution in [0.4, 0.5) is 5.69 Å². The third kappa shape index (κ3) is 2.23. The predicted octanol–water partition coefficient (Wildman–Crippen LogP) is 5.63. The molecule has 0 spiro atoms. The van der Waals surface area contributed by atoms with Crippen LogP contribution >= 0.6 is 0 Å². The molecule has 0 unspecified atom stereocenters. The number of Topliss-reactive ketones (excluding diaryl/α,β-unsaturated/α-hetero) is 1. The van der Waals surface area contributed by atoms with Gasteiger partial charge in [0.1, 0.15) is 5.76 Å². The molecule has 2 heterocycles. The number of anilines is 1. The van der Waals surface area contributed by atoms with Crippen molar-refractivity contribution in [3.05, 3.63) is 77.4 Å². The van der Waals surface area contributed by atoms with Crippen molar-refractivity contribution in [3.8, 4) is 0 Å². The first-order valence-electron chi connectivity index (χ1n) is 9.12. The Morgan fingerprint density at radius 3 is 2.69 bits per heavy atom. The molecule has 0 bridgehead atoms. The quantitative estimate of drug-likeness (QED) is 0.622. The molecule has 0 saturated heterocycles. The fourth-order valence-corrected chi connectivity index (χ4v) is 4.54. The molecule has 2 aliphatic rings. The highest BCUT2D eigenvalue weighted by molar-refractivity contribution is 6.04. The van der Waals surface area contributed by atoms with Gasteiger partial charge in [-0.2, -0.15) is 0 Å². The summed E-state index contributed by atoms with van der Waals surface area (Å²) in [6.45, 7) is 4.32. The number of allylic oxidation sites excluding steroid dienone is 2. The number of hydrogen-bond acceptors (Lipinski definition) is 3. The van der Waals surface area contributed by atoms with Crippen molar-refractivity contribution >= 4 is 22.2 Å². The lowest BCUT2D eigenvalue weighted by Crippen LogP contribution is -2.33. The maximum Gasteiger partial charge on any atom is 0.162 e. The van der Waals surface area contributed by atoms with E-state index in [1.54, 1.807) is 6.26 Å². The molecule has 130 valence electrons. The second-order valence-electron chi connectivity index (χ2n) is 8.15. The molecule has 1 aromatic heterocycles. The van der Waals surface area contributed by atoms with Crippen LogP contribution < -0.4 is 5.32 Å². The van der Waals surface area contributed by atoms with Crippen LogP contribution in [0.2, 0.25) is 0 Å². The Balaban J connectivity index is 1.82. The molecule has 1 atom stereocenters. The van der Waals surface area contributed by atoms with Crippen LogP contribution in [-0.4, -0.2) is 5.78 Å². The SMILES string of the molecule is CC1(C)CC(=O)C2=C(C1)Nc1ccc3ccccc3c1[C@@H]2c1ccco1. The zero-order chi connectivity index (χ0) is 17.9. The van der Waals surface area contributed by atoms with E-state index < -0.39 is 0 Å². The number of furan rings is 1. The van der Waals surface area contributed by atoms with Gasteiger partial charge in [0.25, 0.3) is 0 Å². The van der Waals surface area contributed by atoms with Crippen LogP contribution in [0.15, 0.2) is 70.5 Å². The molecule has 1 aliphatic heterocycles. The molecule has 0 fully saturated rings. The summed E-state index contributed by atoms with van der Waals surface area (Å²) in [5.74, 6) is 0.916. The summed E-state index contributed by atoms with van der Waals surface area (Å²) in [4.78, 5) is 13.2. The van der Waals surface area contributed by atoms with Crippen molar-refractivity contribution in [3.63, 3.8) is 0 Å². The minimum absolute atomic E-state index is 0.0228. The van der Waals surface area contributed by atoms with Gasteiger partial charge in [-0.3, -0.25) is 4.79 Å². The number of carbonyl (C=O) groups is 1. The molecule has 0 radical (unpaired) electrons. The lowest BCUT2D eigenvalue weighted by Gasteiger charge is -2.39. The summed E-state index contributed by atoms with van der Waals surface area (Å²) in [6.07, 6.45) is 3.14. The highest BCUT2D eigenvalue weighted by atomic mass is 16.3. The smallest absolute Gasteiger partial charge is 0.162 e. The fraction of sp³-hybridized carbons (Fsp3) is 0.261. The summed E-state index contributed by atoms with van der Waals surface area (Å²) in [7, 11) is 0. The fourth-order valence-electron chi connectivity index (χ4n) is 4.54. The molecule has 0 saturated carbocycles. The van der Waals surface area contributed by atoms with Crippen molar-refractivity contribution in [2.24, 2.45) is 5.41 Å². The van der Waals surface area contributed by atoms with E-state index in [2.05, 4.69) is 49.5 Å². The van der Waals surface area contributed by atoms with Crippen LogP contribution in [0, 0.1) is 5.41 Å². The van der Waals surface area contributed by atoms with Crippen molar-refractivity contribution < 1.29 is 9.21 Å². The van der Waals surface area contributed by atoms with Crippen LogP contribution in [-0.2, 0) is 4.79 Å². The van der Waals surface area contributed by atoms with Crippen LogP contribution in [0.3, 0.4) is 0 Å². The first kappa shape index (κ1) is 15.4. The molecule has 3 heteroatoms. The Morgan fingerprint density at radius 2 is 1.88 bits per heavy atom.